The van der Waals surface area contributed by atoms with Crippen molar-refractivity contribution < 1.29 is 0 Å². The number of benzene rings is 1. The number of pyridine rings is 1. The van der Waals surface area contributed by atoms with E-state index in [-0.39, 0.29) is 0 Å². The maximum absolute atomic E-state index is 4.44. The molecule has 0 aliphatic rings. The molecule has 1 aromatic carbocycles. The summed E-state index contributed by atoms with van der Waals surface area (Å²) in [5, 5.41) is 0. The van der Waals surface area contributed by atoms with E-state index in [0.717, 1.165) is 11.3 Å². The number of rotatable bonds is 3. The highest BCUT2D eigenvalue weighted by atomic mass is 14.7. The summed E-state index contributed by atoms with van der Waals surface area (Å²) < 4.78 is 0. The lowest BCUT2D eigenvalue weighted by Crippen LogP contribution is -1.87. The van der Waals surface area contributed by atoms with Gasteiger partial charge in [0.25, 0.3) is 0 Å². The minimum absolute atomic E-state index is 1.01. The Balaban J connectivity index is 2.43. The molecule has 1 heteroatoms. The maximum Gasteiger partial charge on any atom is 0.0708 e. The monoisotopic (exact) mass is 235 g/mol. The van der Waals surface area contributed by atoms with Crippen LogP contribution >= 0.6 is 0 Å². The number of aromatic nitrogens is 1. The predicted octanol–water partition coefficient (Wildman–Crippen LogP) is 4.73. The molecule has 0 bridgehead atoms. The molecule has 18 heavy (non-hydrogen) atoms. The molecular weight excluding hydrogens is 218 g/mol. The van der Waals surface area contributed by atoms with Crippen molar-refractivity contribution in [3.63, 3.8) is 0 Å². The first-order chi connectivity index (χ1) is 8.85. The third-order valence-corrected chi connectivity index (χ3v) is 2.82. The van der Waals surface area contributed by atoms with Crippen LogP contribution in [0.3, 0.4) is 0 Å². The van der Waals surface area contributed by atoms with E-state index in [2.05, 4.69) is 48.3 Å². The first kappa shape index (κ1) is 12.3. The molecule has 2 aromatic rings. The molecule has 0 atom stereocenters. The second kappa shape index (κ2) is 5.97. The molecule has 0 radical (unpaired) electrons. The van der Waals surface area contributed by atoms with E-state index in [1.54, 1.807) is 0 Å². The van der Waals surface area contributed by atoms with Crippen LogP contribution in [-0.4, -0.2) is 4.98 Å². The molecule has 0 unspecified atom stereocenters. The van der Waals surface area contributed by atoms with Crippen molar-refractivity contribution >= 4 is 5.57 Å². The zero-order valence-electron chi connectivity index (χ0n) is 10.8. The Bertz CT molecular complexity index is 565. The van der Waals surface area contributed by atoms with Gasteiger partial charge in [-0.1, -0.05) is 48.6 Å². The standard InChI is InChI=1S/C17H17N/c1-3-8-14(4-2)16-11-12-18-17(13-16)15-9-6-5-7-10-15/h3-13H,1-2H3. The van der Waals surface area contributed by atoms with Gasteiger partial charge < -0.3 is 0 Å². The van der Waals surface area contributed by atoms with Gasteiger partial charge in [-0.2, -0.15) is 0 Å². The van der Waals surface area contributed by atoms with Crippen molar-refractivity contribution in [1.29, 1.82) is 0 Å². The van der Waals surface area contributed by atoms with Crippen LogP contribution in [0.2, 0.25) is 0 Å². The fourth-order valence-corrected chi connectivity index (χ4v) is 1.92. The highest BCUT2D eigenvalue weighted by molar-refractivity contribution is 5.76. The van der Waals surface area contributed by atoms with Gasteiger partial charge in [-0.05, 0) is 37.1 Å². The largest absolute Gasteiger partial charge is 0.256 e. The molecule has 0 aliphatic heterocycles. The molecule has 1 heterocycles. The second-order valence-corrected chi connectivity index (χ2v) is 4.04. The summed E-state index contributed by atoms with van der Waals surface area (Å²) in [4.78, 5) is 4.44. The zero-order valence-corrected chi connectivity index (χ0v) is 10.8. The molecule has 0 aliphatic carbocycles. The normalized spacial score (nSPS) is 12.0. The first-order valence-electron chi connectivity index (χ1n) is 6.16. The lowest BCUT2D eigenvalue weighted by Gasteiger charge is -2.05. The average Bonchev–Trinajstić information content (AvgIpc) is 2.46. The van der Waals surface area contributed by atoms with E-state index < -0.39 is 0 Å². The summed E-state index contributed by atoms with van der Waals surface area (Å²) in [6.45, 7) is 4.08. The Morgan fingerprint density at radius 1 is 1.06 bits per heavy atom. The lowest BCUT2D eigenvalue weighted by atomic mass is 10.0. The van der Waals surface area contributed by atoms with Crippen LogP contribution in [0.4, 0.5) is 0 Å². The van der Waals surface area contributed by atoms with Gasteiger partial charge in [0.05, 0.1) is 5.69 Å². The van der Waals surface area contributed by atoms with Crippen LogP contribution in [0.15, 0.2) is 66.9 Å². The third-order valence-electron chi connectivity index (χ3n) is 2.82. The van der Waals surface area contributed by atoms with E-state index in [1.165, 1.54) is 11.1 Å². The van der Waals surface area contributed by atoms with Crippen LogP contribution in [0.1, 0.15) is 19.4 Å². The van der Waals surface area contributed by atoms with E-state index in [1.807, 2.05) is 37.4 Å². The Hall–Kier alpha value is -2.15. The highest BCUT2D eigenvalue weighted by Crippen LogP contribution is 2.22. The molecule has 90 valence electrons. The molecule has 0 amide bonds. The van der Waals surface area contributed by atoms with Gasteiger partial charge in [-0.3, -0.25) is 4.98 Å². The topological polar surface area (TPSA) is 12.9 Å². The van der Waals surface area contributed by atoms with Gasteiger partial charge >= 0.3 is 0 Å². The Labute approximate surface area is 109 Å². The van der Waals surface area contributed by atoms with E-state index in [0.29, 0.717) is 0 Å². The van der Waals surface area contributed by atoms with Crippen LogP contribution in [0.5, 0.6) is 0 Å². The van der Waals surface area contributed by atoms with Gasteiger partial charge in [0.15, 0.2) is 0 Å². The average molecular weight is 235 g/mol. The Morgan fingerprint density at radius 2 is 1.83 bits per heavy atom. The molecule has 0 fully saturated rings. The van der Waals surface area contributed by atoms with Crippen molar-refractivity contribution in [1.82, 2.24) is 4.98 Å². The van der Waals surface area contributed by atoms with Crippen LogP contribution in [0, 0.1) is 0 Å². The highest BCUT2D eigenvalue weighted by Gasteiger charge is 2.01. The summed E-state index contributed by atoms with van der Waals surface area (Å²) in [6, 6.07) is 14.4. The van der Waals surface area contributed by atoms with Gasteiger partial charge in [0.1, 0.15) is 0 Å². The van der Waals surface area contributed by atoms with Gasteiger partial charge in [-0.15, -0.1) is 0 Å². The van der Waals surface area contributed by atoms with Gasteiger partial charge in [0.2, 0.25) is 0 Å². The molecule has 0 saturated heterocycles. The number of nitrogens with zero attached hydrogens (tertiary/aromatic N) is 1. The lowest BCUT2D eigenvalue weighted by molar-refractivity contribution is 1.31. The second-order valence-electron chi connectivity index (χ2n) is 4.04. The summed E-state index contributed by atoms with van der Waals surface area (Å²) in [5.74, 6) is 0. The van der Waals surface area contributed by atoms with Crippen molar-refractivity contribution in [2.75, 3.05) is 0 Å². The van der Waals surface area contributed by atoms with Crippen LogP contribution < -0.4 is 0 Å². The fraction of sp³-hybridized carbons (Fsp3) is 0.118. The first-order valence-corrected chi connectivity index (χ1v) is 6.16. The van der Waals surface area contributed by atoms with Crippen LogP contribution in [-0.2, 0) is 0 Å². The molecule has 1 nitrogen and oxygen atoms in total. The maximum atomic E-state index is 4.44. The summed E-state index contributed by atoms with van der Waals surface area (Å²) >= 11 is 0. The minimum atomic E-state index is 1.01. The Kier molecular flexibility index (Phi) is 4.08. The van der Waals surface area contributed by atoms with E-state index in [9.17, 15) is 0 Å². The molecule has 0 N–H and O–H groups in total. The predicted molar refractivity (Wildman–Crippen MR) is 78.1 cm³/mol. The van der Waals surface area contributed by atoms with Crippen LogP contribution in [0.25, 0.3) is 16.8 Å². The molecular formula is C17H17N. The smallest absolute Gasteiger partial charge is 0.0708 e. The molecule has 0 spiro atoms. The zero-order chi connectivity index (χ0) is 12.8. The van der Waals surface area contributed by atoms with Crippen molar-refractivity contribution in [2.45, 2.75) is 13.8 Å². The summed E-state index contributed by atoms with van der Waals surface area (Å²) in [7, 11) is 0. The van der Waals surface area contributed by atoms with E-state index >= 15 is 0 Å². The van der Waals surface area contributed by atoms with Crippen molar-refractivity contribution in [3.05, 3.63) is 72.5 Å². The summed E-state index contributed by atoms with van der Waals surface area (Å²) in [6.07, 6.45) is 8.15. The molecule has 0 saturated carbocycles. The third kappa shape index (κ3) is 2.75. The molecule has 2 rings (SSSR count). The Morgan fingerprint density at radius 3 is 2.50 bits per heavy atom. The number of hydrogen-bond acceptors (Lipinski definition) is 1. The summed E-state index contributed by atoms with van der Waals surface area (Å²) in [5.41, 5.74) is 4.58. The molecule has 1 aromatic heterocycles. The quantitative estimate of drug-likeness (QED) is 0.701. The number of hydrogen-bond donors (Lipinski definition) is 0. The van der Waals surface area contributed by atoms with Gasteiger partial charge in [0, 0.05) is 11.8 Å². The number of allylic oxidation sites excluding steroid dienone is 4. The van der Waals surface area contributed by atoms with Crippen molar-refractivity contribution in [2.24, 2.45) is 0 Å². The van der Waals surface area contributed by atoms with Crippen molar-refractivity contribution in [3.8, 4) is 11.3 Å². The van der Waals surface area contributed by atoms with E-state index in [4.69, 9.17) is 0 Å². The minimum Gasteiger partial charge on any atom is -0.256 e. The van der Waals surface area contributed by atoms with Gasteiger partial charge in [-0.25, -0.2) is 0 Å². The SMILES string of the molecule is CC=CC(=CC)c1ccnc(-c2ccccc2)c1. The fourth-order valence-electron chi connectivity index (χ4n) is 1.92.